The molecule has 33 heavy (non-hydrogen) atoms. The number of methoxy groups -OCH3 is 1. The van der Waals surface area contributed by atoms with Gasteiger partial charge in [0.2, 0.25) is 0 Å². The van der Waals surface area contributed by atoms with Crippen LogP contribution in [0.15, 0.2) is 88.6 Å². The first-order chi connectivity index (χ1) is 16.1. The average Bonchev–Trinajstić information content (AvgIpc) is 3.07. The number of ether oxygens (including phenoxy) is 1. The standard InChI is InChI=1S/C29H33N3O/c1-4-24(31-2)20-27(33-3)26-13-8-12-25(21-10-6-5-7-11-21)28(32-26)22-14-16-23(17-15-22)29(30)18-9-19-29/h5-8,10-12,14-17,20H,4,9,13,18-19,30H2,1-3H3. The Labute approximate surface area is 197 Å². The lowest BCUT2D eigenvalue weighted by Crippen LogP contribution is -2.43. The molecule has 0 spiro atoms. The molecular formula is C29H33N3O. The van der Waals surface area contributed by atoms with Crippen molar-refractivity contribution < 1.29 is 4.74 Å². The fourth-order valence-corrected chi connectivity index (χ4v) is 4.38. The number of hydrogen-bond donors (Lipinski definition) is 1. The van der Waals surface area contributed by atoms with E-state index in [4.69, 9.17) is 15.5 Å². The highest BCUT2D eigenvalue weighted by Gasteiger charge is 2.34. The summed E-state index contributed by atoms with van der Waals surface area (Å²) in [5, 5.41) is 0. The molecule has 2 aliphatic rings. The predicted molar refractivity (Wildman–Crippen MR) is 139 cm³/mol. The normalized spacial score (nSPS) is 18.5. The first-order valence-electron chi connectivity index (χ1n) is 11.7. The van der Waals surface area contributed by atoms with Gasteiger partial charge in [0.05, 0.1) is 18.5 Å². The van der Waals surface area contributed by atoms with Crippen LogP contribution in [-0.4, -0.2) is 25.6 Å². The van der Waals surface area contributed by atoms with E-state index in [9.17, 15) is 0 Å². The third-order valence-electron chi connectivity index (χ3n) is 6.61. The Morgan fingerprint density at radius 1 is 1.09 bits per heavy atom. The number of nitrogens with zero attached hydrogens (tertiary/aromatic N) is 2. The van der Waals surface area contributed by atoms with Gasteiger partial charge < -0.3 is 10.5 Å². The molecule has 4 heteroatoms. The summed E-state index contributed by atoms with van der Waals surface area (Å²) in [6, 6.07) is 19.1. The Hall–Kier alpha value is -3.24. The van der Waals surface area contributed by atoms with E-state index in [0.717, 1.165) is 58.8 Å². The summed E-state index contributed by atoms with van der Waals surface area (Å²) in [5.41, 5.74) is 13.7. The van der Waals surface area contributed by atoms with Crippen LogP contribution in [0.25, 0.3) is 11.3 Å². The van der Waals surface area contributed by atoms with Crippen LogP contribution in [0.2, 0.25) is 0 Å². The quantitative estimate of drug-likeness (QED) is 0.406. The first-order valence-corrected chi connectivity index (χ1v) is 11.7. The Balaban J connectivity index is 1.84. The zero-order valence-corrected chi connectivity index (χ0v) is 19.8. The topological polar surface area (TPSA) is 60.0 Å². The van der Waals surface area contributed by atoms with Crippen LogP contribution < -0.4 is 5.73 Å². The molecule has 1 aliphatic heterocycles. The van der Waals surface area contributed by atoms with E-state index >= 15 is 0 Å². The maximum Gasteiger partial charge on any atom is 0.142 e. The van der Waals surface area contributed by atoms with Crippen LogP contribution >= 0.6 is 0 Å². The number of aliphatic imine (C=N–C) groups is 2. The van der Waals surface area contributed by atoms with Crippen molar-refractivity contribution in [2.45, 2.75) is 44.6 Å². The van der Waals surface area contributed by atoms with Crippen LogP contribution in [0, 0.1) is 0 Å². The minimum absolute atomic E-state index is 0.172. The van der Waals surface area contributed by atoms with Crippen molar-refractivity contribution in [3.05, 3.63) is 95.3 Å². The van der Waals surface area contributed by atoms with Crippen molar-refractivity contribution in [3.63, 3.8) is 0 Å². The van der Waals surface area contributed by atoms with Crippen molar-refractivity contribution in [1.29, 1.82) is 0 Å². The van der Waals surface area contributed by atoms with Crippen molar-refractivity contribution in [1.82, 2.24) is 0 Å². The molecule has 1 aliphatic carbocycles. The molecule has 0 bridgehead atoms. The van der Waals surface area contributed by atoms with Crippen LogP contribution in [0.1, 0.15) is 55.7 Å². The van der Waals surface area contributed by atoms with Gasteiger partial charge in [-0.25, -0.2) is 4.99 Å². The zero-order chi connectivity index (χ0) is 23.3. The Morgan fingerprint density at radius 3 is 2.39 bits per heavy atom. The average molecular weight is 440 g/mol. The van der Waals surface area contributed by atoms with Gasteiger partial charge in [-0.05, 0) is 36.8 Å². The maximum atomic E-state index is 6.56. The summed E-state index contributed by atoms with van der Waals surface area (Å²) in [7, 11) is 3.51. The first kappa shape index (κ1) is 22.9. The molecule has 4 nitrogen and oxygen atoms in total. The van der Waals surface area contributed by atoms with Crippen LogP contribution in [-0.2, 0) is 10.3 Å². The molecule has 1 saturated carbocycles. The monoisotopic (exact) mass is 439 g/mol. The largest absolute Gasteiger partial charge is 0.495 e. The van der Waals surface area contributed by atoms with E-state index < -0.39 is 0 Å². The maximum absolute atomic E-state index is 6.56. The molecular weight excluding hydrogens is 406 g/mol. The lowest BCUT2D eigenvalue weighted by Gasteiger charge is -2.38. The zero-order valence-electron chi connectivity index (χ0n) is 19.8. The molecule has 2 aromatic carbocycles. The van der Waals surface area contributed by atoms with Gasteiger partial charge in [0.25, 0.3) is 0 Å². The fraction of sp³-hybridized carbons (Fsp3) is 0.310. The summed E-state index contributed by atoms with van der Waals surface area (Å²) in [6.45, 7) is 2.09. The molecule has 0 amide bonds. The minimum Gasteiger partial charge on any atom is -0.495 e. The molecule has 2 aromatic rings. The molecule has 1 heterocycles. The van der Waals surface area contributed by atoms with Gasteiger partial charge in [-0.3, -0.25) is 4.99 Å². The summed E-state index contributed by atoms with van der Waals surface area (Å²) in [4.78, 5) is 9.54. The third-order valence-corrected chi connectivity index (χ3v) is 6.61. The minimum atomic E-state index is -0.172. The Kier molecular flexibility index (Phi) is 7.05. The van der Waals surface area contributed by atoms with E-state index in [1.54, 1.807) is 7.11 Å². The van der Waals surface area contributed by atoms with Gasteiger partial charge in [-0.15, -0.1) is 0 Å². The smallest absolute Gasteiger partial charge is 0.142 e. The van der Waals surface area contributed by atoms with E-state index in [0.29, 0.717) is 6.42 Å². The molecule has 0 atom stereocenters. The number of rotatable bonds is 7. The molecule has 2 N–H and O–H groups in total. The van der Waals surface area contributed by atoms with E-state index in [2.05, 4.69) is 72.6 Å². The van der Waals surface area contributed by atoms with Crippen LogP contribution in [0.4, 0.5) is 0 Å². The number of benzene rings is 2. The second-order valence-electron chi connectivity index (χ2n) is 8.66. The lowest BCUT2D eigenvalue weighted by atomic mass is 9.72. The van der Waals surface area contributed by atoms with Gasteiger partial charge in [0, 0.05) is 41.9 Å². The molecule has 1 fully saturated rings. The molecule has 4 rings (SSSR count). The molecule has 0 aromatic heterocycles. The molecule has 0 radical (unpaired) electrons. The highest BCUT2D eigenvalue weighted by atomic mass is 16.5. The van der Waals surface area contributed by atoms with Crippen LogP contribution in [0.5, 0.6) is 0 Å². The van der Waals surface area contributed by atoms with Gasteiger partial charge in [-0.2, -0.15) is 0 Å². The van der Waals surface area contributed by atoms with Crippen molar-refractivity contribution in [2.75, 3.05) is 14.2 Å². The number of hydrogen-bond acceptors (Lipinski definition) is 4. The molecule has 0 unspecified atom stereocenters. The summed E-state index contributed by atoms with van der Waals surface area (Å²) in [5.74, 6) is 0.751. The third kappa shape index (κ3) is 4.91. The second-order valence-corrected chi connectivity index (χ2v) is 8.66. The Morgan fingerprint density at radius 2 is 1.82 bits per heavy atom. The SMILES string of the molecule is CCC(C=C(OC)C1=NC(c2ccc(C3(N)CCC3)cc2)=C(c2ccccc2)C=CC1)=NC. The van der Waals surface area contributed by atoms with Gasteiger partial charge in [0.15, 0.2) is 0 Å². The fourth-order valence-electron chi connectivity index (χ4n) is 4.38. The number of nitrogens with two attached hydrogens (primary N) is 1. The highest BCUT2D eigenvalue weighted by molar-refractivity contribution is 6.11. The van der Waals surface area contributed by atoms with Crippen molar-refractivity contribution >= 4 is 22.7 Å². The van der Waals surface area contributed by atoms with E-state index in [1.807, 2.05) is 19.2 Å². The van der Waals surface area contributed by atoms with E-state index in [-0.39, 0.29) is 5.54 Å². The predicted octanol–water partition coefficient (Wildman–Crippen LogP) is 6.30. The van der Waals surface area contributed by atoms with Crippen LogP contribution in [0.3, 0.4) is 0 Å². The molecule has 0 saturated heterocycles. The Bertz CT molecular complexity index is 1130. The second kappa shape index (κ2) is 10.1. The van der Waals surface area contributed by atoms with Crippen molar-refractivity contribution in [3.8, 4) is 0 Å². The molecule has 170 valence electrons. The van der Waals surface area contributed by atoms with E-state index in [1.165, 1.54) is 12.0 Å². The highest BCUT2D eigenvalue weighted by Crippen LogP contribution is 2.39. The number of allylic oxidation sites excluding steroid dienone is 5. The summed E-state index contributed by atoms with van der Waals surface area (Å²) in [6.07, 6.45) is 11.2. The van der Waals surface area contributed by atoms with Crippen molar-refractivity contribution in [2.24, 2.45) is 15.7 Å². The van der Waals surface area contributed by atoms with Gasteiger partial charge in [0.1, 0.15) is 5.76 Å². The lowest BCUT2D eigenvalue weighted by molar-refractivity contribution is 0.253. The van der Waals surface area contributed by atoms with Gasteiger partial charge >= 0.3 is 0 Å². The summed E-state index contributed by atoms with van der Waals surface area (Å²) >= 11 is 0. The van der Waals surface area contributed by atoms with Gasteiger partial charge in [-0.1, -0.05) is 73.7 Å². The summed E-state index contributed by atoms with van der Waals surface area (Å²) < 4.78 is 5.77.